The number of hydrogen-bond donors (Lipinski definition) is 0. The molecule has 1 aliphatic heterocycles. The van der Waals surface area contributed by atoms with E-state index in [-0.39, 0.29) is 61.8 Å². The fourth-order valence-electron chi connectivity index (χ4n) is 10.4. The Morgan fingerprint density at radius 3 is 1.12 bits per heavy atom. The van der Waals surface area contributed by atoms with E-state index in [2.05, 4.69) is 51.7 Å². The van der Waals surface area contributed by atoms with Crippen LogP contribution in [0, 0.1) is 17.8 Å². The summed E-state index contributed by atoms with van der Waals surface area (Å²) < 4.78 is 23.3. The van der Waals surface area contributed by atoms with Crippen molar-refractivity contribution in [1.29, 1.82) is 0 Å². The zero-order valence-corrected chi connectivity index (χ0v) is 50.3. The third-order valence-corrected chi connectivity index (χ3v) is 15.4. The van der Waals surface area contributed by atoms with E-state index in [0.717, 1.165) is 103 Å². The maximum Gasteiger partial charge on any atom is 0.305 e. The molecular formula is C65H120N2O9. The lowest BCUT2D eigenvalue weighted by atomic mass is 9.95. The van der Waals surface area contributed by atoms with Crippen molar-refractivity contribution in [3.05, 3.63) is 12.2 Å². The first-order chi connectivity index (χ1) is 37.1. The Labute approximate surface area is 467 Å². The van der Waals surface area contributed by atoms with Crippen LogP contribution in [0.1, 0.15) is 298 Å². The molecule has 1 saturated heterocycles. The second kappa shape index (κ2) is 52.7. The quantitative estimate of drug-likeness (QED) is 0.0251. The van der Waals surface area contributed by atoms with E-state index in [1.807, 2.05) is 4.90 Å². The van der Waals surface area contributed by atoms with Crippen LogP contribution in [0.4, 0.5) is 0 Å². The zero-order valence-electron chi connectivity index (χ0n) is 50.3. The monoisotopic (exact) mass is 1070 g/mol. The Hall–Kier alpha value is -2.95. The second-order valence-corrected chi connectivity index (χ2v) is 22.8. The molecule has 0 aliphatic carbocycles. The molecule has 0 unspecified atom stereocenters. The van der Waals surface area contributed by atoms with Gasteiger partial charge in [-0.15, -0.1) is 0 Å². The number of carbonyl (C=O) groups excluding carboxylic acids is 5. The predicted octanol–water partition coefficient (Wildman–Crippen LogP) is 16.8. The van der Waals surface area contributed by atoms with Crippen molar-refractivity contribution in [3.63, 3.8) is 0 Å². The van der Waals surface area contributed by atoms with Gasteiger partial charge in [-0.3, -0.25) is 24.0 Å². The molecule has 1 rings (SSSR count). The molecular weight excluding hydrogens is 953 g/mol. The summed E-state index contributed by atoms with van der Waals surface area (Å²) in [6.07, 6.45) is 45.1. The fraction of sp³-hybridized carbons (Fsp3) is 0.892. The SMILES string of the molecule is CCCCC/C=C\CCC(=O)N(CCCN1CCCC1)CC(COC(=O)CCCCCCC(=O)OCC(CCCCCC)CCCCCC)COC(=O)CCCCCCC(=O)OCC(CCCCCC)CCCCCC. The Morgan fingerprint density at radius 2 is 0.737 bits per heavy atom. The van der Waals surface area contributed by atoms with Crippen LogP contribution < -0.4 is 0 Å². The average Bonchev–Trinajstić information content (AvgIpc) is 3.95. The molecule has 0 bridgehead atoms. The van der Waals surface area contributed by atoms with Crippen LogP contribution in [0.3, 0.4) is 0 Å². The van der Waals surface area contributed by atoms with Gasteiger partial charge >= 0.3 is 23.9 Å². The van der Waals surface area contributed by atoms with Gasteiger partial charge in [-0.25, -0.2) is 0 Å². The number of ether oxygens (including phenoxy) is 4. The summed E-state index contributed by atoms with van der Waals surface area (Å²) in [7, 11) is 0. The maximum absolute atomic E-state index is 13.8. The largest absolute Gasteiger partial charge is 0.465 e. The summed E-state index contributed by atoms with van der Waals surface area (Å²) in [5.41, 5.74) is 0. The highest BCUT2D eigenvalue weighted by atomic mass is 16.5. The molecule has 0 aromatic carbocycles. The second-order valence-electron chi connectivity index (χ2n) is 22.8. The van der Waals surface area contributed by atoms with Gasteiger partial charge in [-0.05, 0) is 121 Å². The number of nitrogens with zero attached hydrogens (tertiary/aromatic N) is 2. The Bertz CT molecular complexity index is 1320. The highest BCUT2D eigenvalue weighted by molar-refractivity contribution is 5.76. The van der Waals surface area contributed by atoms with E-state index >= 15 is 0 Å². The van der Waals surface area contributed by atoms with Gasteiger partial charge in [0, 0.05) is 51.1 Å². The number of amides is 1. The van der Waals surface area contributed by atoms with Crippen molar-refractivity contribution in [2.75, 3.05) is 59.2 Å². The summed E-state index contributed by atoms with van der Waals surface area (Å²) in [6, 6.07) is 0. The van der Waals surface area contributed by atoms with Crippen molar-refractivity contribution in [2.45, 2.75) is 298 Å². The molecule has 11 heteroatoms. The molecule has 0 spiro atoms. The van der Waals surface area contributed by atoms with E-state index in [0.29, 0.717) is 76.7 Å². The number of hydrogen-bond acceptors (Lipinski definition) is 10. The number of allylic oxidation sites excluding steroid dienone is 2. The molecule has 0 aromatic heterocycles. The van der Waals surface area contributed by atoms with Crippen LogP contribution in [0.5, 0.6) is 0 Å². The molecule has 0 N–H and O–H groups in total. The van der Waals surface area contributed by atoms with E-state index in [1.165, 1.54) is 128 Å². The molecule has 1 fully saturated rings. The van der Waals surface area contributed by atoms with Crippen LogP contribution in [0.2, 0.25) is 0 Å². The summed E-state index contributed by atoms with van der Waals surface area (Å²) in [5.74, 6) is -0.204. The van der Waals surface area contributed by atoms with Crippen LogP contribution in [0.15, 0.2) is 12.2 Å². The van der Waals surface area contributed by atoms with Gasteiger partial charge in [0.05, 0.1) is 26.4 Å². The Morgan fingerprint density at radius 1 is 0.395 bits per heavy atom. The van der Waals surface area contributed by atoms with Gasteiger partial charge < -0.3 is 28.7 Å². The van der Waals surface area contributed by atoms with Crippen molar-refractivity contribution < 1.29 is 42.9 Å². The van der Waals surface area contributed by atoms with Crippen molar-refractivity contribution in [2.24, 2.45) is 17.8 Å². The lowest BCUT2D eigenvalue weighted by Gasteiger charge is -2.28. The predicted molar refractivity (Wildman–Crippen MR) is 314 cm³/mol. The molecule has 1 heterocycles. The van der Waals surface area contributed by atoms with Crippen LogP contribution in [-0.2, 0) is 42.9 Å². The van der Waals surface area contributed by atoms with Gasteiger partial charge in [0.25, 0.3) is 0 Å². The lowest BCUT2D eigenvalue weighted by Crippen LogP contribution is -2.40. The minimum atomic E-state index is -0.357. The first-order valence-electron chi connectivity index (χ1n) is 32.4. The molecule has 0 radical (unpaired) electrons. The normalized spacial score (nSPS) is 12.9. The molecule has 0 saturated carbocycles. The summed E-state index contributed by atoms with van der Waals surface area (Å²) in [4.78, 5) is 69.8. The standard InChI is InChI=1S/C65H120N2O9/c1-6-11-16-21-22-23-32-44-61(68)67(52-39-51-66-49-37-38-50-66)53-60(56-75-64(71)47-35-26-24-33-45-62(69)73-54-58(40-28-17-12-7-2)41-29-18-13-8-3)57-76-65(72)48-36-27-25-34-46-63(70)74-55-59(42-30-19-14-9-4)43-31-20-15-10-5/h22-23,58-60H,6-21,24-57H2,1-5H3/b23-22-. The summed E-state index contributed by atoms with van der Waals surface area (Å²) >= 11 is 0. The van der Waals surface area contributed by atoms with E-state index in [4.69, 9.17) is 18.9 Å². The smallest absolute Gasteiger partial charge is 0.305 e. The van der Waals surface area contributed by atoms with Gasteiger partial charge in [-0.2, -0.15) is 0 Å². The first kappa shape index (κ1) is 71.1. The third kappa shape index (κ3) is 44.0. The summed E-state index contributed by atoms with van der Waals surface area (Å²) in [5, 5.41) is 0. The van der Waals surface area contributed by atoms with E-state index in [1.54, 1.807) is 0 Å². The van der Waals surface area contributed by atoms with Crippen LogP contribution >= 0.6 is 0 Å². The molecule has 11 nitrogen and oxygen atoms in total. The minimum absolute atomic E-state index is 0.0674. The number of unbranched alkanes of at least 4 members (excludes halogenated alkanes) is 21. The molecule has 1 aliphatic rings. The van der Waals surface area contributed by atoms with E-state index < -0.39 is 0 Å². The average molecular weight is 1070 g/mol. The number of esters is 4. The number of carbonyl (C=O) groups is 5. The zero-order chi connectivity index (χ0) is 55.4. The lowest BCUT2D eigenvalue weighted by molar-refractivity contribution is -0.150. The van der Waals surface area contributed by atoms with Gasteiger partial charge in [0.1, 0.15) is 0 Å². The fourth-order valence-corrected chi connectivity index (χ4v) is 10.4. The molecule has 444 valence electrons. The van der Waals surface area contributed by atoms with Gasteiger partial charge in [0.15, 0.2) is 0 Å². The minimum Gasteiger partial charge on any atom is -0.465 e. The maximum atomic E-state index is 13.8. The first-order valence-corrected chi connectivity index (χ1v) is 32.4. The highest BCUT2D eigenvalue weighted by Crippen LogP contribution is 2.22. The number of rotatable bonds is 55. The molecule has 1 amide bonds. The summed E-state index contributed by atoms with van der Waals surface area (Å²) in [6.45, 7) is 16.4. The van der Waals surface area contributed by atoms with Gasteiger partial charge in [0.2, 0.25) is 5.91 Å². The van der Waals surface area contributed by atoms with Gasteiger partial charge in [-0.1, -0.05) is 188 Å². The Kier molecular flexibility index (Phi) is 49.3. The number of likely N-dealkylation sites (tertiary alicyclic amines) is 1. The molecule has 0 aromatic rings. The third-order valence-electron chi connectivity index (χ3n) is 15.4. The van der Waals surface area contributed by atoms with Crippen molar-refractivity contribution in [3.8, 4) is 0 Å². The Balaban J connectivity index is 2.73. The van der Waals surface area contributed by atoms with Crippen molar-refractivity contribution >= 4 is 29.8 Å². The molecule has 76 heavy (non-hydrogen) atoms. The van der Waals surface area contributed by atoms with E-state index in [9.17, 15) is 24.0 Å². The van der Waals surface area contributed by atoms with Crippen molar-refractivity contribution in [1.82, 2.24) is 9.80 Å². The van der Waals surface area contributed by atoms with Crippen LogP contribution in [0.25, 0.3) is 0 Å². The topological polar surface area (TPSA) is 129 Å². The van der Waals surface area contributed by atoms with Crippen LogP contribution in [-0.4, -0.2) is 98.7 Å². The highest BCUT2D eigenvalue weighted by Gasteiger charge is 2.23. The molecule has 0 atom stereocenters.